The van der Waals surface area contributed by atoms with Gasteiger partial charge in [0.2, 0.25) is 0 Å². The Labute approximate surface area is 136 Å². The smallest absolute Gasteiger partial charge is 0.274 e. The van der Waals surface area contributed by atoms with Gasteiger partial charge in [0, 0.05) is 6.42 Å². The molecule has 108 valence electrons. The number of benzene rings is 1. The van der Waals surface area contributed by atoms with Crippen LogP contribution in [0.1, 0.15) is 12.8 Å². The van der Waals surface area contributed by atoms with Gasteiger partial charge in [0.25, 0.3) is 5.95 Å². The minimum absolute atomic E-state index is 0.151. The third-order valence-electron chi connectivity index (χ3n) is 1.63. The molecule has 20 heavy (non-hydrogen) atoms. The van der Waals surface area contributed by atoms with Crippen LogP contribution in [0.2, 0.25) is 0 Å². The third kappa shape index (κ3) is 14.6. The van der Waals surface area contributed by atoms with E-state index in [1.165, 1.54) is 0 Å². The number of halogens is 2. The number of rotatable bonds is 4. The maximum absolute atomic E-state index is 8.59. The van der Waals surface area contributed by atoms with E-state index < -0.39 is 0 Å². The van der Waals surface area contributed by atoms with Gasteiger partial charge in [-0.15, -0.1) is 0 Å². The van der Waals surface area contributed by atoms with Gasteiger partial charge >= 0.3 is 0 Å². The van der Waals surface area contributed by atoms with Crippen molar-refractivity contribution >= 4 is 31.9 Å². The molecule has 1 atom stereocenters. The second-order valence-electron chi connectivity index (χ2n) is 3.10. The van der Waals surface area contributed by atoms with Crippen LogP contribution in [0.3, 0.4) is 0 Å². The first kappa shape index (κ1) is 20.8. The molecule has 0 bridgehead atoms. The van der Waals surface area contributed by atoms with Gasteiger partial charge in [0.15, 0.2) is 0 Å². The molecule has 0 saturated carbocycles. The van der Waals surface area contributed by atoms with Crippen molar-refractivity contribution in [3.63, 3.8) is 0 Å². The Balaban J connectivity index is 0. The van der Waals surface area contributed by atoms with Crippen molar-refractivity contribution in [2.45, 2.75) is 17.7 Å². The first-order valence-electron chi connectivity index (χ1n) is 5.49. The fraction of sp³-hybridized carbons (Fsp3) is 0.286. The minimum Gasteiger partial charge on any atom is -0.481 e. The Morgan fingerprint density at radius 1 is 1.35 bits per heavy atom. The van der Waals surface area contributed by atoms with Crippen molar-refractivity contribution < 1.29 is 9.84 Å². The SMILES string of the molecule is C=C(O)Oc1ccccc1.CBr.N#CCCC(Br)C#N. The highest BCUT2D eigenvalue weighted by atomic mass is 79.9. The van der Waals surface area contributed by atoms with Crippen LogP contribution in [0.25, 0.3) is 0 Å². The number of aliphatic hydroxyl groups is 1. The number of nitrogens with zero attached hydrogens (tertiary/aromatic N) is 2. The number of ether oxygens (including phenoxy) is 1. The molecule has 1 N–H and O–H groups in total. The van der Waals surface area contributed by atoms with Gasteiger partial charge in [-0.2, -0.15) is 10.5 Å². The second-order valence-corrected chi connectivity index (χ2v) is 4.21. The molecule has 0 aliphatic heterocycles. The Morgan fingerprint density at radius 3 is 2.30 bits per heavy atom. The first-order valence-corrected chi connectivity index (χ1v) is 7.99. The largest absolute Gasteiger partial charge is 0.481 e. The number of aliphatic hydroxyl groups excluding tert-OH is 1. The molecule has 0 radical (unpaired) electrons. The molecule has 0 fully saturated rings. The molecule has 1 rings (SSSR count). The zero-order valence-corrected chi connectivity index (χ0v) is 14.3. The predicted octanol–water partition coefficient (Wildman–Crippen LogP) is 4.68. The summed E-state index contributed by atoms with van der Waals surface area (Å²) in [4.78, 5) is -0.151. The molecule has 0 aliphatic carbocycles. The molecule has 1 unspecified atom stereocenters. The van der Waals surface area contributed by atoms with Gasteiger partial charge in [-0.1, -0.05) is 50.1 Å². The summed E-state index contributed by atoms with van der Waals surface area (Å²) >= 11 is 6.00. The van der Waals surface area contributed by atoms with Crippen molar-refractivity contribution in [3.05, 3.63) is 42.9 Å². The van der Waals surface area contributed by atoms with Crippen LogP contribution in [-0.4, -0.2) is 15.8 Å². The Morgan fingerprint density at radius 2 is 1.90 bits per heavy atom. The Hall–Kier alpha value is -1.50. The highest BCUT2D eigenvalue weighted by molar-refractivity contribution is 9.09. The van der Waals surface area contributed by atoms with Crippen LogP contribution in [-0.2, 0) is 0 Å². The molecule has 0 aromatic heterocycles. The lowest BCUT2D eigenvalue weighted by atomic mass is 10.3. The summed E-state index contributed by atoms with van der Waals surface area (Å²) in [6, 6.07) is 12.9. The fourth-order valence-corrected chi connectivity index (χ4v) is 1.11. The summed E-state index contributed by atoms with van der Waals surface area (Å²) in [7, 11) is 0. The van der Waals surface area contributed by atoms with Crippen molar-refractivity contribution in [2.75, 3.05) is 5.83 Å². The van der Waals surface area contributed by atoms with E-state index in [0.717, 1.165) is 0 Å². The Bertz CT molecular complexity index is 439. The van der Waals surface area contributed by atoms with Gasteiger partial charge in [-0.3, -0.25) is 0 Å². The van der Waals surface area contributed by atoms with Crippen LogP contribution in [0.5, 0.6) is 5.75 Å². The second kappa shape index (κ2) is 15.6. The lowest BCUT2D eigenvalue weighted by Crippen LogP contribution is -1.89. The standard InChI is InChI=1S/C8H8O2.C5H5BrN2.CH3Br/c1-7(9)10-8-5-3-2-4-6-8;6-5(4-8)2-1-3-7;1-2/h2-6,9H,1H2;5H,1-2H2;1H3. The molecule has 0 aliphatic rings. The predicted molar refractivity (Wildman–Crippen MR) is 86.9 cm³/mol. The number of hydrogen-bond acceptors (Lipinski definition) is 4. The van der Waals surface area contributed by atoms with Gasteiger partial charge < -0.3 is 9.84 Å². The highest BCUT2D eigenvalue weighted by Gasteiger charge is 1.97. The van der Waals surface area contributed by atoms with Crippen LogP contribution < -0.4 is 4.74 Å². The molecule has 4 nitrogen and oxygen atoms in total. The van der Waals surface area contributed by atoms with E-state index in [2.05, 4.69) is 38.4 Å². The van der Waals surface area contributed by atoms with E-state index in [1.807, 2.05) is 36.2 Å². The summed E-state index contributed by atoms with van der Waals surface area (Å²) < 4.78 is 4.78. The summed E-state index contributed by atoms with van der Waals surface area (Å²) in [6.45, 7) is 3.18. The zero-order valence-electron chi connectivity index (χ0n) is 11.1. The molecule has 0 saturated heterocycles. The van der Waals surface area contributed by atoms with Crippen molar-refractivity contribution in [3.8, 4) is 17.9 Å². The van der Waals surface area contributed by atoms with Crippen molar-refractivity contribution in [1.29, 1.82) is 10.5 Å². The monoisotopic (exact) mass is 402 g/mol. The maximum atomic E-state index is 8.59. The average molecular weight is 404 g/mol. The summed E-state index contributed by atoms with van der Waals surface area (Å²) in [5.74, 6) is 2.12. The zero-order chi connectivity index (χ0) is 15.8. The van der Waals surface area contributed by atoms with Gasteiger partial charge in [0.1, 0.15) is 10.6 Å². The van der Waals surface area contributed by atoms with Crippen LogP contribution >= 0.6 is 31.9 Å². The molecular weight excluding hydrogens is 388 g/mol. The van der Waals surface area contributed by atoms with Gasteiger partial charge in [-0.25, -0.2) is 0 Å². The summed E-state index contributed by atoms with van der Waals surface area (Å²) in [6.07, 6.45) is 1.07. The van der Waals surface area contributed by atoms with Crippen molar-refractivity contribution in [1.82, 2.24) is 0 Å². The summed E-state index contributed by atoms with van der Waals surface area (Å²) in [5, 5.41) is 24.8. The molecule has 0 amide bonds. The lowest BCUT2D eigenvalue weighted by Gasteiger charge is -1.99. The normalized spacial score (nSPS) is 9.25. The molecule has 0 spiro atoms. The number of para-hydroxylation sites is 1. The van der Waals surface area contributed by atoms with Crippen LogP contribution in [0.4, 0.5) is 0 Å². The molecule has 1 aromatic carbocycles. The van der Waals surface area contributed by atoms with E-state index in [9.17, 15) is 0 Å². The van der Waals surface area contributed by atoms with Crippen LogP contribution in [0, 0.1) is 22.7 Å². The number of alkyl halides is 2. The summed E-state index contributed by atoms with van der Waals surface area (Å²) in [5.41, 5.74) is 0. The highest BCUT2D eigenvalue weighted by Crippen LogP contribution is 2.09. The van der Waals surface area contributed by atoms with Gasteiger partial charge in [-0.05, 0) is 31.0 Å². The molecule has 6 heteroatoms. The average Bonchev–Trinajstić information content (AvgIpc) is 2.48. The molecule has 0 heterocycles. The maximum Gasteiger partial charge on any atom is 0.274 e. The van der Waals surface area contributed by atoms with E-state index in [0.29, 0.717) is 18.6 Å². The fourth-order valence-electron chi connectivity index (χ4n) is 0.880. The Kier molecular flexibility index (Phi) is 16.2. The molecule has 1 aromatic rings. The quantitative estimate of drug-likeness (QED) is 0.584. The first-order chi connectivity index (χ1) is 9.60. The number of hydrogen-bond donors (Lipinski definition) is 1. The van der Waals surface area contributed by atoms with Crippen LogP contribution in [0.15, 0.2) is 42.9 Å². The number of nitriles is 2. The third-order valence-corrected chi connectivity index (χ3v) is 2.29. The van der Waals surface area contributed by atoms with E-state index in [4.69, 9.17) is 20.4 Å². The van der Waals surface area contributed by atoms with E-state index in [1.54, 1.807) is 12.1 Å². The molecular formula is C14H16Br2N2O2. The van der Waals surface area contributed by atoms with Crippen molar-refractivity contribution in [2.24, 2.45) is 0 Å². The van der Waals surface area contributed by atoms with Gasteiger partial charge in [0.05, 0.1) is 12.1 Å². The van der Waals surface area contributed by atoms with E-state index in [-0.39, 0.29) is 10.8 Å². The lowest BCUT2D eigenvalue weighted by molar-refractivity contribution is 0.211. The van der Waals surface area contributed by atoms with E-state index >= 15 is 0 Å². The topological polar surface area (TPSA) is 77.0 Å². The minimum atomic E-state index is -0.286.